The van der Waals surface area contributed by atoms with Crippen molar-refractivity contribution >= 4 is 23.6 Å². The fourth-order valence-electron chi connectivity index (χ4n) is 9.43. The number of ether oxygens (including phenoxy) is 5. The summed E-state index contributed by atoms with van der Waals surface area (Å²) < 4.78 is 31.5. The molecule has 0 saturated heterocycles. The molecule has 17 nitrogen and oxygen atoms in total. The lowest BCUT2D eigenvalue weighted by molar-refractivity contribution is -0.384. The van der Waals surface area contributed by atoms with Crippen molar-refractivity contribution in [3.63, 3.8) is 0 Å². The van der Waals surface area contributed by atoms with Crippen LogP contribution in [0.1, 0.15) is 74.5 Å². The van der Waals surface area contributed by atoms with E-state index in [1.807, 2.05) is 36.4 Å². The summed E-state index contributed by atoms with van der Waals surface area (Å²) in [6.07, 6.45) is 6.56. The Hall–Kier alpha value is -5.85. The molecule has 1 heterocycles. The highest BCUT2D eigenvalue weighted by Crippen LogP contribution is 2.62. The lowest BCUT2D eigenvalue weighted by Crippen LogP contribution is -2.70. The first-order valence-electron chi connectivity index (χ1n) is 22.7. The Morgan fingerprint density at radius 3 is 2.44 bits per heavy atom. The van der Waals surface area contributed by atoms with Crippen LogP contribution in [0.25, 0.3) is 0 Å². The second kappa shape index (κ2) is 24.6. The number of fused-ring (bicyclic) bond motifs is 2. The normalized spacial score (nSPS) is 22.2. The van der Waals surface area contributed by atoms with Crippen molar-refractivity contribution in [1.29, 1.82) is 0 Å². The highest BCUT2D eigenvalue weighted by molar-refractivity contribution is 6.03. The number of hydrogen-bond donors (Lipinski definition) is 4. The van der Waals surface area contributed by atoms with Gasteiger partial charge in [-0.05, 0) is 91.5 Å². The van der Waals surface area contributed by atoms with E-state index < -0.39 is 40.8 Å². The van der Waals surface area contributed by atoms with Gasteiger partial charge in [0.15, 0.2) is 0 Å². The number of nitro benzene ring substituents is 1. The third kappa shape index (κ3) is 12.1. The molecule has 6 unspecified atom stereocenters. The maximum absolute atomic E-state index is 14.2. The minimum Gasteiger partial charge on any atom is -0.459 e. The summed E-state index contributed by atoms with van der Waals surface area (Å²) in [6, 6.07) is 19.8. The Bertz CT molecular complexity index is 2130. The molecule has 0 radical (unpaired) electrons. The number of nitrogens with one attached hydrogen (secondary N) is 1. The highest BCUT2D eigenvalue weighted by atomic mass is 16.7. The Morgan fingerprint density at radius 1 is 0.985 bits per heavy atom. The van der Waals surface area contributed by atoms with E-state index in [1.165, 1.54) is 17.0 Å². The number of oxime groups is 1. The second-order valence-electron chi connectivity index (χ2n) is 16.4. The molecule has 1 aliphatic heterocycles. The molecule has 3 aliphatic rings. The van der Waals surface area contributed by atoms with Crippen LogP contribution in [0, 0.1) is 27.9 Å². The number of non-ortho nitro benzene ring substituents is 1. The van der Waals surface area contributed by atoms with Gasteiger partial charge in [-0.25, -0.2) is 9.59 Å². The number of aliphatic hydroxyl groups is 3. The van der Waals surface area contributed by atoms with Gasteiger partial charge in [0, 0.05) is 56.3 Å². The van der Waals surface area contributed by atoms with Crippen molar-refractivity contribution in [3.05, 3.63) is 124 Å². The lowest BCUT2D eigenvalue weighted by Gasteiger charge is -2.59. The van der Waals surface area contributed by atoms with Crippen LogP contribution in [-0.4, -0.2) is 108 Å². The average molecular weight is 915 g/mol. The number of hydrogen-bond acceptors (Lipinski definition) is 14. The van der Waals surface area contributed by atoms with E-state index in [2.05, 4.69) is 18.0 Å². The molecule has 2 aliphatic carbocycles. The molecule has 66 heavy (non-hydrogen) atoms. The topological polar surface area (TPSA) is 221 Å². The predicted octanol–water partition coefficient (Wildman–Crippen LogP) is 7.18. The molecular formula is C49H62N4O13. The van der Waals surface area contributed by atoms with E-state index in [-0.39, 0.29) is 95.6 Å². The summed E-state index contributed by atoms with van der Waals surface area (Å²) in [4.78, 5) is 46.0. The van der Waals surface area contributed by atoms with Gasteiger partial charge in [0.25, 0.3) is 5.69 Å². The molecule has 356 valence electrons. The van der Waals surface area contributed by atoms with Gasteiger partial charge in [-0.2, -0.15) is 0 Å². The smallest absolute Gasteiger partial charge is 0.412 e. The number of benzene rings is 3. The standard InChI is InChI=1S/C49H62N4O13/c1-3-26-63-49-44(52(48(58)62-4-2)22-27-61-28-25-56)31-42(51-64-33-35-16-18-37(19-17-35)53(59)60)40-29-36(14-8-10-23-54)39(15-9-11-24-55)45(46(40)49)41-30-38(20-21-43(41)66-49)65-47(57)50-32-34-12-6-5-7-13-34/h3,5-7,12-13,16-21,29-30,36,39,44-46,54-56H,1,4,8-11,14-15,22-28,31-33H2,2H3,(H,50,57). The number of nitro groups is 1. The summed E-state index contributed by atoms with van der Waals surface area (Å²) >= 11 is 0. The van der Waals surface area contributed by atoms with Gasteiger partial charge in [-0.3, -0.25) is 15.0 Å². The van der Waals surface area contributed by atoms with Gasteiger partial charge in [0.2, 0.25) is 5.79 Å². The van der Waals surface area contributed by atoms with Crippen LogP contribution in [0.2, 0.25) is 0 Å². The first kappa shape index (κ1) is 49.6. The molecule has 4 N–H and O–H groups in total. The number of amides is 2. The number of rotatable bonds is 25. The maximum Gasteiger partial charge on any atom is 0.412 e. The maximum atomic E-state index is 14.2. The molecule has 6 atom stereocenters. The molecule has 0 spiro atoms. The molecule has 6 rings (SSSR count). The van der Waals surface area contributed by atoms with Crippen LogP contribution >= 0.6 is 0 Å². The molecule has 1 fully saturated rings. The van der Waals surface area contributed by atoms with Gasteiger partial charge in [-0.15, -0.1) is 6.58 Å². The van der Waals surface area contributed by atoms with Crippen LogP contribution in [0.3, 0.4) is 0 Å². The van der Waals surface area contributed by atoms with Crippen LogP contribution in [-0.2, 0) is 32.2 Å². The largest absolute Gasteiger partial charge is 0.459 e. The quantitative estimate of drug-likeness (QED) is 0.0287. The molecule has 2 amide bonds. The summed E-state index contributed by atoms with van der Waals surface area (Å²) in [5.74, 6) is -2.12. The fourth-order valence-corrected chi connectivity index (χ4v) is 9.43. The fraction of sp³-hybridized carbons (Fsp3) is 0.490. The second-order valence-corrected chi connectivity index (χ2v) is 16.4. The SMILES string of the molecule is C=CCOC12Oc3ccc(OC(=O)NCc4ccccc4)cc3C3C(CCCCO)C(CCCCO)C=C(C(=NOCc4ccc([N+](=O)[O-])cc4)CC1N(CCOCCO)C(=O)OCC)C32. The van der Waals surface area contributed by atoms with Gasteiger partial charge in [0.1, 0.15) is 24.1 Å². The van der Waals surface area contributed by atoms with Gasteiger partial charge in [0.05, 0.1) is 49.6 Å². The Balaban J connectivity index is 1.52. The van der Waals surface area contributed by atoms with Gasteiger partial charge < -0.3 is 49.2 Å². The summed E-state index contributed by atoms with van der Waals surface area (Å²) in [5, 5.41) is 48.4. The summed E-state index contributed by atoms with van der Waals surface area (Å²) in [5.41, 5.74) is 3.53. The molecular weight excluding hydrogens is 853 g/mol. The number of nitrogens with zero attached hydrogens (tertiary/aromatic N) is 3. The van der Waals surface area contributed by atoms with E-state index in [4.69, 9.17) is 33.7 Å². The van der Waals surface area contributed by atoms with Crippen molar-refractivity contribution in [1.82, 2.24) is 10.2 Å². The first-order chi connectivity index (χ1) is 32.2. The van der Waals surface area contributed by atoms with Gasteiger partial charge in [-0.1, -0.05) is 60.5 Å². The van der Waals surface area contributed by atoms with Crippen LogP contribution in [0.4, 0.5) is 15.3 Å². The number of aliphatic hydroxyl groups excluding tert-OH is 3. The molecule has 17 heteroatoms. The van der Waals surface area contributed by atoms with E-state index in [9.17, 15) is 35.0 Å². The number of unbranched alkanes of at least 4 members (excludes halogenated alkanes) is 2. The molecule has 0 bridgehead atoms. The average Bonchev–Trinajstić information content (AvgIpc) is 3.32. The Kier molecular flexibility index (Phi) is 18.5. The van der Waals surface area contributed by atoms with Crippen LogP contribution in [0.5, 0.6) is 11.5 Å². The Labute approximate surface area is 385 Å². The molecule has 1 saturated carbocycles. The molecule has 3 aromatic carbocycles. The van der Waals surface area contributed by atoms with E-state index in [1.54, 1.807) is 37.3 Å². The monoisotopic (exact) mass is 914 g/mol. The lowest BCUT2D eigenvalue weighted by atomic mass is 9.55. The third-order valence-electron chi connectivity index (χ3n) is 12.3. The zero-order chi connectivity index (χ0) is 46.9. The zero-order valence-electron chi connectivity index (χ0n) is 37.5. The zero-order valence-corrected chi connectivity index (χ0v) is 37.5. The summed E-state index contributed by atoms with van der Waals surface area (Å²) in [7, 11) is 0. The number of carbonyl (C=O) groups excluding carboxylic acids is 2. The minimum absolute atomic E-state index is 0.0110. The highest BCUT2D eigenvalue weighted by Gasteiger charge is 2.65. The first-order valence-corrected chi connectivity index (χ1v) is 22.7. The summed E-state index contributed by atoms with van der Waals surface area (Å²) in [6.45, 7) is 5.98. The van der Waals surface area contributed by atoms with Gasteiger partial charge >= 0.3 is 12.2 Å². The van der Waals surface area contributed by atoms with Crippen LogP contribution < -0.4 is 14.8 Å². The van der Waals surface area contributed by atoms with Crippen molar-refractivity contribution < 1.29 is 58.4 Å². The van der Waals surface area contributed by atoms with Crippen molar-refractivity contribution in [2.45, 2.75) is 82.8 Å². The molecule has 3 aromatic rings. The predicted molar refractivity (Wildman–Crippen MR) is 244 cm³/mol. The van der Waals surface area contributed by atoms with E-state index in [0.29, 0.717) is 49.1 Å². The molecule has 0 aromatic heterocycles. The van der Waals surface area contributed by atoms with E-state index in [0.717, 1.165) is 23.1 Å². The third-order valence-corrected chi connectivity index (χ3v) is 12.3. The van der Waals surface area contributed by atoms with Crippen molar-refractivity contribution in [3.8, 4) is 11.5 Å². The number of carbonyl (C=O) groups is 2. The van der Waals surface area contributed by atoms with Crippen LogP contribution in [0.15, 0.2) is 102 Å². The van der Waals surface area contributed by atoms with Crippen molar-refractivity contribution in [2.24, 2.45) is 22.9 Å². The minimum atomic E-state index is -1.60. The van der Waals surface area contributed by atoms with E-state index >= 15 is 0 Å². The van der Waals surface area contributed by atoms with Crippen molar-refractivity contribution in [2.75, 3.05) is 52.8 Å². The number of allylic oxidation sites excluding steroid dienone is 1. The Morgan fingerprint density at radius 2 is 1.74 bits per heavy atom.